The molecule has 17 heavy (non-hydrogen) atoms. The molecule has 3 heteroatoms. The lowest BCUT2D eigenvalue weighted by Gasteiger charge is -1.84. The number of benzene rings is 1. The topological polar surface area (TPSA) is 0 Å². The van der Waals surface area contributed by atoms with Gasteiger partial charge in [-0.2, -0.15) is 13.5 Å². The summed E-state index contributed by atoms with van der Waals surface area (Å²) in [6.07, 6.45) is 0. The van der Waals surface area contributed by atoms with Gasteiger partial charge in [-0.1, -0.05) is 48.5 Å². The van der Waals surface area contributed by atoms with Gasteiger partial charge in [-0.3, -0.25) is 0 Å². The third-order valence-electron chi connectivity index (χ3n) is 1.95. The molecule has 0 fully saturated rings. The number of thiophene rings is 2. The Morgan fingerprint density at radius 2 is 0.882 bits per heavy atom. The van der Waals surface area contributed by atoms with Gasteiger partial charge in [0.1, 0.15) is 0 Å². The molecule has 2 aromatic heterocycles. The minimum atomic E-state index is 0. The lowest BCUT2D eigenvalue weighted by Crippen LogP contribution is -1.55. The van der Waals surface area contributed by atoms with E-state index in [1.165, 1.54) is 9.75 Å². The smallest absolute Gasteiger partial charge is 0.0442 e. The summed E-state index contributed by atoms with van der Waals surface area (Å²) >= 11 is 3.58. The minimum absolute atomic E-state index is 0. The molecule has 1 aromatic carbocycles. The molecule has 0 amide bonds. The van der Waals surface area contributed by atoms with Gasteiger partial charge in [-0.15, -0.1) is 22.7 Å². The average Bonchev–Trinajstić information content (AvgIpc) is 3.05. The summed E-state index contributed by atoms with van der Waals surface area (Å²) in [6, 6.07) is 20.5. The monoisotopic (exact) mass is 278 g/mol. The van der Waals surface area contributed by atoms with Crippen LogP contribution in [0.5, 0.6) is 0 Å². The molecular weight excluding hydrogens is 264 g/mol. The largest absolute Gasteiger partial charge is 0.197 e. The highest BCUT2D eigenvalue weighted by Crippen LogP contribution is 2.28. The van der Waals surface area contributed by atoms with E-state index in [-0.39, 0.29) is 13.5 Å². The first-order valence-corrected chi connectivity index (χ1v) is 6.80. The van der Waals surface area contributed by atoms with Crippen molar-refractivity contribution in [3.05, 3.63) is 71.4 Å². The highest BCUT2D eigenvalue weighted by molar-refractivity contribution is 7.59. The van der Waals surface area contributed by atoms with Crippen molar-refractivity contribution in [2.24, 2.45) is 0 Å². The Morgan fingerprint density at radius 1 is 0.529 bits per heavy atom. The number of hydrogen-bond acceptors (Lipinski definition) is 2. The molecule has 0 aliphatic rings. The molecule has 0 saturated carbocycles. The maximum absolute atomic E-state index is 2.15. The van der Waals surface area contributed by atoms with Gasteiger partial charge in [0.05, 0.1) is 0 Å². The SMILES string of the molecule is S.c1ccccc1.c1csc(-c2cccs2)c1. The second kappa shape index (κ2) is 8.12. The van der Waals surface area contributed by atoms with E-state index in [2.05, 4.69) is 35.0 Å². The first kappa shape index (κ1) is 14.0. The van der Waals surface area contributed by atoms with Crippen LogP contribution in [0.4, 0.5) is 0 Å². The van der Waals surface area contributed by atoms with Crippen LogP contribution in [0.2, 0.25) is 0 Å². The van der Waals surface area contributed by atoms with Gasteiger partial charge in [0, 0.05) is 9.75 Å². The average molecular weight is 278 g/mol. The Bertz CT molecular complexity index is 410. The first-order valence-electron chi connectivity index (χ1n) is 5.04. The van der Waals surface area contributed by atoms with Crippen molar-refractivity contribution in [3.8, 4) is 9.75 Å². The zero-order valence-corrected chi connectivity index (χ0v) is 11.9. The molecule has 0 nitrogen and oxygen atoms in total. The van der Waals surface area contributed by atoms with E-state index in [1.807, 2.05) is 36.4 Å². The van der Waals surface area contributed by atoms with Crippen LogP contribution >= 0.6 is 36.2 Å². The van der Waals surface area contributed by atoms with Crippen LogP contribution in [0.1, 0.15) is 0 Å². The third kappa shape index (κ3) is 4.77. The highest BCUT2D eigenvalue weighted by Gasteiger charge is 1.96. The fourth-order valence-electron chi connectivity index (χ4n) is 1.22. The fourth-order valence-corrected chi connectivity index (χ4v) is 2.80. The maximum atomic E-state index is 2.15. The van der Waals surface area contributed by atoms with Crippen LogP contribution < -0.4 is 0 Å². The van der Waals surface area contributed by atoms with E-state index in [0.717, 1.165) is 0 Å². The molecule has 0 saturated heterocycles. The number of rotatable bonds is 1. The Morgan fingerprint density at radius 3 is 1.12 bits per heavy atom. The molecule has 3 rings (SSSR count). The lowest BCUT2D eigenvalue weighted by molar-refractivity contribution is 1.72. The van der Waals surface area contributed by atoms with Crippen molar-refractivity contribution in [2.45, 2.75) is 0 Å². The van der Waals surface area contributed by atoms with E-state index in [4.69, 9.17) is 0 Å². The van der Waals surface area contributed by atoms with Crippen molar-refractivity contribution in [2.75, 3.05) is 0 Å². The first-order chi connectivity index (χ1) is 7.97. The number of hydrogen-bond donors (Lipinski definition) is 0. The highest BCUT2D eigenvalue weighted by atomic mass is 32.1. The lowest BCUT2D eigenvalue weighted by atomic mass is 10.4. The van der Waals surface area contributed by atoms with Crippen molar-refractivity contribution in [3.63, 3.8) is 0 Å². The van der Waals surface area contributed by atoms with E-state index in [9.17, 15) is 0 Å². The molecule has 0 unspecified atom stereocenters. The quantitative estimate of drug-likeness (QED) is 0.568. The second-order valence-electron chi connectivity index (χ2n) is 3.11. The third-order valence-corrected chi connectivity index (χ3v) is 3.89. The summed E-state index contributed by atoms with van der Waals surface area (Å²) in [5, 5.41) is 4.21. The van der Waals surface area contributed by atoms with Gasteiger partial charge in [-0.25, -0.2) is 0 Å². The molecular formula is C14H14S3. The molecule has 2 heterocycles. The summed E-state index contributed by atoms with van der Waals surface area (Å²) in [6.45, 7) is 0. The van der Waals surface area contributed by atoms with Gasteiger partial charge in [0.25, 0.3) is 0 Å². The van der Waals surface area contributed by atoms with Crippen molar-refractivity contribution >= 4 is 36.2 Å². The summed E-state index contributed by atoms with van der Waals surface area (Å²) < 4.78 is 0. The van der Waals surface area contributed by atoms with E-state index in [1.54, 1.807) is 22.7 Å². The van der Waals surface area contributed by atoms with Crippen LogP contribution in [-0.4, -0.2) is 0 Å². The van der Waals surface area contributed by atoms with Crippen molar-refractivity contribution < 1.29 is 0 Å². The molecule has 88 valence electrons. The molecule has 0 bridgehead atoms. The van der Waals surface area contributed by atoms with E-state index >= 15 is 0 Å². The van der Waals surface area contributed by atoms with Crippen LogP contribution in [0.25, 0.3) is 9.75 Å². The zero-order chi connectivity index (χ0) is 11.1. The van der Waals surface area contributed by atoms with Gasteiger partial charge in [-0.05, 0) is 22.9 Å². The Labute approximate surface area is 117 Å². The van der Waals surface area contributed by atoms with E-state index in [0.29, 0.717) is 0 Å². The standard InChI is InChI=1S/C8H6S2.C6H6.H2S/c1-3-7(9-5-1)8-4-2-6-10-8;1-2-4-6-5-3-1;/h1-6H;1-6H;1H2. The Balaban J connectivity index is 0.000000180. The zero-order valence-electron chi connectivity index (χ0n) is 9.24. The molecule has 0 spiro atoms. The van der Waals surface area contributed by atoms with Gasteiger partial charge < -0.3 is 0 Å². The van der Waals surface area contributed by atoms with Crippen molar-refractivity contribution in [1.29, 1.82) is 0 Å². The normalized spacial score (nSPS) is 8.71. The Hall–Kier alpha value is -1.03. The molecule has 0 aliphatic carbocycles. The van der Waals surface area contributed by atoms with Crippen LogP contribution in [0.3, 0.4) is 0 Å². The molecule has 0 aliphatic heterocycles. The summed E-state index contributed by atoms with van der Waals surface area (Å²) in [5.74, 6) is 0. The maximum Gasteiger partial charge on any atom is 0.0442 e. The van der Waals surface area contributed by atoms with Crippen LogP contribution in [-0.2, 0) is 0 Å². The van der Waals surface area contributed by atoms with Gasteiger partial charge in [0.2, 0.25) is 0 Å². The van der Waals surface area contributed by atoms with Gasteiger partial charge >= 0.3 is 0 Å². The van der Waals surface area contributed by atoms with E-state index < -0.39 is 0 Å². The molecule has 3 aromatic rings. The fraction of sp³-hybridized carbons (Fsp3) is 0. The summed E-state index contributed by atoms with van der Waals surface area (Å²) in [7, 11) is 0. The summed E-state index contributed by atoms with van der Waals surface area (Å²) in [5.41, 5.74) is 0. The van der Waals surface area contributed by atoms with Gasteiger partial charge in [0.15, 0.2) is 0 Å². The Kier molecular flexibility index (Phi) is 6.70. The summed E-state index contributed by atoms with van der Waals surface area (Å²) in [4.78, 5) is 2.74. The molecule has 0 radical (unpaired) electrons. The second-order valence-corrected chi connectivity index (χ2v) is 5.00. The van der Waals surface area contributed by atoms with Crippen molar-refractivity contribution in [1.82, 2.24) is 0 Å². The molecule has 0 atom stereocenters. The minimum Gasteiger partial charge on any atom is -0.197 e. The van der Waals surface area contributed by atoms with Crippen LogP contribution in [0, 0.1) is 0 Å². The predicted octanol–water partition coefficient (Wildman–Crippen LogP) is 5.28. The predicted molar refractivity (Wildman–Crippen MR) is 84.5 cm³/mol. The van der Waals surface area contributed by atoms with Crippen LogP contribution in [0.15, 0.2) is 71.4 Å². The molecule has 0 N–H and O–H groups in total.